The van der Waals surface area contributed by atoms with E-state index >= 15 is 0 Å². The highest BCUT2D eigenvalue weighted by Crippen LogP contribution is 2.51. The molecule has 3 rings (SSSR count). The van der Waals surface area contributed by atoms with Crippen LogP contribution >= 0.6 is 35.1 Å². The van der Waals surface area contributed by atoms with Gasteiger partial charge in [0.25, 0.3) is 0 Å². The number of imidazole rings is 1. The molecule has 0 amide bonds. The lowest BCUT2D eigenvalue weighted by atomic mass is 10.1. The van der Waals surface area contributed by atoms with Gasteiger partial charge in [-0.1, -0.05) is 30.7 Å². The Labute approximate surface area is 139 Å². The summed E-state index contributed by atoms with van der Waals surface area (Å²) in [5.41, 5.74) is 1.36. The van der Waals surface area contributed by atoms with E-state index in [0.29, 0.717) is 0 Å². The van der Waals surface area contributed by atoms with Gasteiger partial charge in [0, 0.05) is 35.0 Å². The number of hydrogen-bond acceptors (Lipinski definition) is 3. The molecule has 2 heterocycles. The standard InChI is InChI=1S/C16H19ClN2S2/c1-2-15-10-20-16(21-15,11-19-8-7-18-12-19)9-13-3-5-14(17)6-4-13/h3-8,12,15H,2,9-11H2,1H3. The van der Waals surface area contributed by atoms with Crippen LogP contribution in [0.4, 0.5) is 0 Å². The summed E-state index contributed by atoms with van der Waals surface area (Å²) in [6, 6.07) is 8.28. The Hall–Kier alpha value is -0.580. The minimum absolute atomic E-state index is 0.204. The van der Waals surface area contributed by atoms with E-state index in [1.54, 1.807) is 0 Å². The number of aromatic nitrogens is 2. The third-order valence-electron chi connectivity index (χ3n) is 3.74. The summed E-state index contributed by atoms with van der Waals surface area (Å²) in [5, 5.41) is 1.56. The summed E-state index contributed by atoms with van der Waals surface area (Å²) in [4.78, 5) is 4.18. The van der Waals surface area contributed by atoms with Crippen LogP contribution in [0.5, 0.6) is 0 Å². The molecule has 2 atom stereocenters. The lowest BCUT2D eigenvalue weighted by molar-refractivity contribution is 0.624. The number of benzene rings is 1. The summed E-state index contributed by atoms with van der Waals surface area (Å²) < 4.78 is 2.41. The molecule has 1 fully saturated rings. The molecule has 0 N–H and O–H groups in total. The van der Waals surface area contributed by atoms with Crippen LogP contribution < -0.4 is 0 Å². The van der Waals surface area contributed by atoms with Crippen molar-refractivity contribution in [3.63, 3.8) is 0 Å². The van der Waals surface area contributed by atoms with E-state index in [4.69, 9.17) is 11.6 Å². The minimum atomic E-state index is 0.204. The molecule has 1 aromatic heterocycles. The van der Waals surface area contributed by atoms with Gasteiger partial charge in [0.15, 0.2) is 0 Å². The maximum atomic E-state index is 6.00. The second kappa shape index (κ2) is 6.67. The summed E-state index contributed by atoms with van der Waals surface area (Å²) in [6.07, 6.45) is 8.14. The topological polar surface area (TPSA) is 17.8 Å². The zero-order valence-electron chi connectivity index (χ0n) is 12.0. The van der Waals surface area contributed by atoms with Crippen molar-refractivity contribution in [2.75, 3.05) is 5.75 Å². The van der Waals surface area contributed by atoms with Crippen LogP contribution in [0, 0.1) is 0 Å². The summed E-state index contributed by atoms with van der Waals surface area (Å²) in [5.74, 6) is 1.24. The highest BCUT2D eigenvalue weighted by atomic mass is 35.5. The predicted molar refractivity (Wildman–Crippen MR) is 94.2 cm³/mol. The molecule has 1 aliphatic heterocycles. The minimum Gasteiger partial charge on any atom is -0.335 e. The quantitative estimate of drug-likeness (QED) is 0.784. The van der Waals surface area contributed by atoms with Gasteiger partial charge in [0.1, 0.15) is 0 Å². The molecule has 2 aromatic rings. The average Bonchev–Trinajstić information content (AvgIpc) is 3.12. The molecular weight excluding hydrogens is 320 g/mol. The molecule has 2 unspecified atom stereocenters. The molecule has 1 aliphatic rings. The van der Waals surface area contributed by atoms with Gasteiger partial charge in [0.05, 0.1) is 10.4 Å². The van der Waals surface area contributed by atoms with Crippen molar-refractivity contribution in [2.24, 2.45) is 0 Å². The van der Waals surface area contributed by atoms with E-state index in [0.717, 1.165) is 23.2 Å². The molecule has 0 radical (unpaired) electrons. The van der Waals surface area contributed by atoms with Gasteiger partial charge in [0.2, 0.25) is 0 Å². The van der Waals surface area contributed by atoms with E-state index in [1.807, 2.05) is 24.7 Å². The van der Waals surface area contributed by atoms with E-state index in [-0.39, 0.29) is 4.08 Å². The fraction of sp³-hybridized carbons (Fsp3) is 0.438. The van der Waals surface area contributed by atoms with E-state index in [9.17, 15) is 0 Å². The van der Waals surface area contributed by atoms with Crippen LogP contribution in [-0.4, -0.2) is 24.6 Å². The second-order valence-electron chi connectivity index (χ2n) is 5.41. The molecule has 112 valence electrons. The Bertz CT molecular complexity index is 570. The van der Waals surface area contributed by atoms with Crippen molar-refractivity contribution in [1.29, 1.82) is 0 Å². The Balaban J connectivity index is 1.80. The maximum Gasteiger partial charge on any atom is 0.0946 e. The van der Waals surface area contributed by atoms with Crippen molar-refractivity contribution >= 4 is 35.1 Å². The number of halogens is 1. The first-order valence-corrected chi connectivity index (χ1v) is 9.45. The lowest BCUT2D eigenvalue weighted by Gasteiger charge is -2.28. The zero-order valence-corrected chi connectivity index (χ0v) is 14.4. The van der Waals surface area contributed by atoms with Crippen molar-refractivity contribution in [3.05, 3.63) is 53.6 Å². The van der Waals surface area contributed by atoms with E-state index < -0.39 is 0 Å². The van der Waals surface area contributed by atoms with Crippen LogP contribution in [-0.2, 0) is 13.0 Å². The third kappa shape index (κ3) is 3.79. The molecule has 21 heavy (non-hydrogen) atoms. The van der Waals surface area contributed by atoms with Crippen LogP contribution in [0.1, 0.15) is 18.9 Å². The Morgan fingerprint density at radius 2 is 2.19 bits per heavy atom. The van der Waals surface area contributed by atoms with Gasteiger partial charge in [-0.15, -0.1) is 23.5 Å². The molecule has 5 heteroatoms. The number of rotatable bonds is 5. The maximum absolute atomic E-state index is 6.00. The number of thioether (sulfide) groups is 2. The molecule has 1 aromatic carbocycles. The van der Waals surface area contributed by atoms with E-state index in [2.05, 4.69) is 58.3 Å². The summed E-state index contributed by atoms with van der Waals surface area (Å²) in [7, 11) is 0. The highest BCUT2D eigenvalue weighted by Gasteiger charge is 2.40. The van der Waals surface area contributed by atoms with Gasteiger partial charge >= 0.3 is 0 Å². The molecule has 2 nitrogen and oxygen atoms in total. The lowest BCUT2D eigenvalue weighted by Crippen LogP contribution is -2.27. The highest BCUT2D eigenvalue weighted by molar-refractivity contribution is 8.21. The van der Waals surface area contributed by atoms with Crippen LogP contribution in [0.2, 0.25) is 5.02 Å². The SMILES string of the molecule is CCC1CSC(Cc2ccc(Cl)cc2)(Cn2ccnc2)S1. The van der Waals surface area contributed by atoms with Gasteiger partial charge < -0.3 is 4.57 Å². The molecule has 0 saturated carbocycles. The molecule has 1 saturated heterocycles. The number of nitrogens with zero attached hydrogens (tertiary/aromatic N) is 2. The monoisotopic (exact) mass is 338 g/mol. The van der Waals surface area contributed by atoms with Gasteiger partial charge in [-0.2, -0.15) is 0 Å². The van der Waals surface area contributed by atoms with Crippen molar-refractivity contribution in [1.82, 2.24) is 9.55 Å². The van der Waals surface area contributed by atoms with Crippen LogP contribution in [0.15, 0.2) is 43.0 Å². The predicted octanol–water partition coefficient (Wildman–Crippen LogP) is 4.73. The van der Waals surface area contributed by atoms with Gasteiger partial charge in [-0.05, 0) is 30.5 Å². The fourth-order valence-corrected chi connectivity index (χ4v) is 6.59. The molecular formula is C16H19ClN2S2. The van der Waals surface area contributed by atoms with Gasteiger partial charge in [-0.3, -0.25) is 0 Å². The normalized spacial score (nSPS) is 25.3. The molecule has 0 spiro atoms. The van der Waals surface area contributed by atoms with Gasteiger partial charge in [-0.25, -0.2) is 4.98 Å². The number of hydrogen-bond donors (Lipinski definition) is 0. The molecule has 0 bridgehead atoms. The first-order chi connectivity index (χ1) is 10.2. The van der Waals surface area contributed by atoms with Crippen molar-refractivity contribution < 1.29 is 0 Å². The summed E-state index contributed by atoms with van der Waals surface area (Å²) in [6.45, 7) is 3.29. The smallest absolute Gasteiger partial charge is 0.0946 e. The average molecular weight is 339 g/mol. The fourth-order valence-electron chi connectivity index (χ4n) is 2.62. The van der Waals surface area contributed by atoms with Crippen molar-refractivity contribution in [2.45, 2.75) is 35.6 Å². The second-order valence-corrected chi connectivity index (χ2v) is 9.19. The Morgan fingerprint density at radius 3 is 2.81 bits per heavy atom. The van der Waals surface area contributed by atoms with E-state index in [1.165, 1.54) is 17.7 Å². The Morgan fingerprint density at radius 1 is 1.38 bits per heavy atom. The first-order valence-electron chi connectivity index (χ1n) is 7.21. The largest absolute Gasteiger partial charge is 0.335 e. The first kappa shape index (κ1) is 15.3. The zero-order chi connectivity index (χ0) is 14.7. The molecule has 0 aliphatic carbocycles. The van der Waals surface area contributed by atoms with Crippen molar-refractivity contribution in [3.8, 4) is 0 Å². The van der Waals surface area contributed by atoms with Crippen LogP contribution in [0.25, 0.3) is 0 Å². The third-order valence-corrected chi connectivity index (χ3v) is 7.75. The Kier molecular flexibility index (Phi) is 4.87. The van der Waals surface area contributed by atoms with Crippen LogP contribution in [0.3, 0.4) is 0 Å². The summed E-state index contributed by atoms with van der Waals surface area (Å²) >= 11 is 10.2.